The van der Waals surface area contributed by atoms with E-state index in [1.807, 2.05) is 12.1 Å². The molecule has 4 heteroatoms. The number of hydrogen-bond donors (Lipinski definition) is 2. The van der Waals surface area contributed by atoms with Crippen LogP contribution in [0, 0.1) is 0 Å². The Balaban J connectivity index is 1.97. The van der Waals surface area contributed by atoms with Crippen LogP contribution >= 0.6 is 27.3 Å². The fourth-order valence-corrected chi connectivity index (χ4v) is 3.19. The van der Waals surface area contributed by atoms with Gasteiger partial charge in [-0.3, -0.25) is 0 Å². The minimum atomic E-state index is 0.192. The van der Waals surface area contributed by atoms with Crippen molar-refractivity contribution >= 4 is 27.3 Å². The highest BCUT2D eigenvalue weighted by molar-refractivity contribution is 9.10. The molecule has 1 unspecified atom stereocenters. The van der Waals surface area contributed by atoms with Crippen LogP contribution in [0.3, 0.4) is 0 Å². The van der Waals surface area contributed by atoms with E-state index in [-0.39, 0.29) is 6.04 Å². The average molecular weight is 340 g/mol. The third-order valence-corrected chi connectivity index (χ3v) is 4.54. The fraction of sp³-hybridized carbons (Fsp3) is 0.333. The van der Waals surface area contributed by atoms with Crippen molar-refractivity contribution in [2.75, 3.05) is 6.54 Å². The molecule has 2 aromatic rings. The molecule has 19 heavy (non-hydrogen) atoms. The number of hydrogen-bond acceptors (Lipinski definition) is 3. The second-order valence-corrected chi connectivity index (χ2v) is 6.40. The predicted octanol–water partition coefficient (Wildman–Crippen LogP) is 4.50. The van der Waals surface area contributed by atoms with Gasteiger partial charge in [-0.15, -0.1) is 11.3 Å². The van der Waals surface area contributed by atoms with Crippen LogP contribution in [0.1, 0.15) is 29.8 Å². The van der Waals surface area contributed by atoms with Gasteiger partial charge in [0.25, 0.3) is 0 Å². The van der Waals surface area contributed by atoms with Crippen molar-refractivity contribution in [3.05, 3.63) is 50.6 Å². The summed E-state index contributed by atoms with van der Waals surface area (Å²) in [5.74, 6) is 0.360. The molecule has 1 aromatic carbocycles. The van der Waals surface area contributed by atoms with Crippen molar-refractivity contribution in [3.8, 4) is 5.75 Å². The van der Waals surface area contributed by atoms with Crippen molar-refractivity contribution in [2.45, 2.75) is 25.8 Å². The molecule has 2 N–H and O–H groups in total. The van der Waals surface area contributed by atoms with Gasteiger partial charge in [-0.25, -0.2) is 0 Å². The van der Waals surface area contributed by atoms with Gasteiger partial charge in [0.1, 0.15) is 5.75 Å². The number of nitrogens with one attached hydrogen (secondary N) is 1. The van der Waals surface area contributed by atoms with Gasteiger partial charge in [-0.05, 0) is 42.5 Å². The van der Waals surface area contributed by atoms with Gasteiger partial charge >= 0.3 is 0 Å². The second kappa shape index (κ2) is 7.08. The van der Waals surface area contributed by atoms with Crippen LogP contribution in [-0.4, -0.2) is 11.7 Å². The Bertz CT molecular complexity index is 513. The Kier molecular flexibility index (Phi) is 5.43. The van der Waals surface area contributed by atoms with E-state index in [2.05, 4.69) is 45.7 Å². The van der Waals surface area contributed by atoms with E-state index in [9.17, 15) is 5.11 Å². The first kappa shape index (κ1) is 14.6. The standard InChI is InChI=1S/C15H18BrNOS/c1-2-14(13-10-11(16)5-6-15(13)18)17-8-7-12-4-3-9-19-12/h3-6,9-10,14,17-18H,2,7-8H2,1H3. The summed E-state index contributed by atoms with van der Waals surface area (Å²) in [5, 5.41) is 15.6. The van der Waals surface area contributed by atoms with Crippen molar-refractivity contribution in [1.29, 1.82) is 0 Å². The molecule has 2 rings (SSSR count). The van der Waals surface area contributed by atoms with Gasteiger partial charge in [0.15, 0.2) is 0 Å². The minimum absolute atomic E-state index is 0.192. The summed E-state index contributed by atoms with van der Waals surface area (Å²) in [6, 6.07) is 10.0. The van der Waals surface area contributed by atoms with Crippen LogP contribution in [0.5, 0.6) is 5.75 Å². The largest absolute Gasteiger partial charge is 0.508 e. The predicted molar refractivity (Wildman–Crippen MR) is 84.9 cm³/mol. The van der Waals surface area contributed by atoms with E-state index in [1.165, 1.54) is 4.88 Å². The fourth-order valence-electron chi connectivity index (χ4n) is 2.10. The first-order chi connectivity index (χ1) is 9.20. The lowest BCUT2D eigenvalue weighted by Gasteiger charge is -2.18. The molecule has 0 bridgehead atoms. The van der Waals surface area contributed by atoms with Gasteiger partial charge in [0.2, 0.25) is 0 Å². The Morgan fingerprint density at radius 1 is 1.37 bits per heavy atom. The molecule has 0 radical (unpaired) electrons. The average Bonchev–Trinajstić information content (AvgIpc) is 2.91. The second-order valence-electron chi connectivity index (χ2n) is 4.45. The molecule has 0 spiro atoms. The number of phenolic OH excluding ortho intramolecular Hbond substituents is 1. The molecule has 0 aliphatic carbocycles. The minimum Gasteiger partial charge on any atom is -0.508 e. The zero-order valence-electron chi connectivity index (χ0n) is 10.9. The van der Waals surface area contributed by atoms with Crippen LogP contribution in [0.25, 0.3) is 0 Å². The Morgan fingerprint density at radius 3 is 2.89 bits per heavy atom. The van der Waals surface area contributed by atoms with Crippen molar-refractivity contribution in [2.24, 2.45) is 0 Å². The van der Waals surface area contributed by atoms with E-state index in [4.69, 9.17) is 0 Å². The van der Waals surface area contributed by atoms with Gasteiger partial charge in [0.05, 0.1) is 0 Å². The molecule has 1 aromatic heterocycles. The maximum atomic E-state index is 9.96. The summed E-state index contributed by atoms with van der Waals surface area (Å²) in [7, 11) is 0. The van der Waals surface area contributed by atoms with Crippen LogP contribution in [0.4, 0.5) is 0 Å². The highest BCUT2D eigenvalue weighted by atomic mass is 79.9. The monoisotopic (exact) mass is 339 g/mol. The summed E-state index contributed by atoms with van der Waals surface area (Å²) < 4.78 is 0.999. The summed E-state index contributed by atoms with van der Waals surface area (Å²) >= 11 is 5.24. The van der Waals surface area contributed by atoms with Crippen molar-refractivity contribution in [1.82, 2.24) is 5.32 Å². The van der Waals surface area contributed by atoms with E-state index in [0.717, 1.165) is 29.4 Å². The summed E-state index contributed by atoms with van der Waals surface area (Å²) in [6.07, 6.45) is 1.98. The first-order valence-electron chi connectivity index (χ1n) is 6.45. The topological polar surface area (TPSA) is 32.3 Å². The summed E-state index contributed by atoms with van der Waals surface area (Å²) in [4.78, 5) is 1.39. The number of thiophene rings is 1. The van der Waals surface area contributed by atoms with Crippen molar-refractivity contribution < 1.29 is 5.11 Å². The number of halogens is 1. The van der Waals surface area contributed by atoms with E-state index in [1.54, 1.807) is 17.4 Å². The van der Waals surface area contributed by atoms with Crippen molar-refractivity contribution in [3.63, 3.8) is 0 Å². The molecule has 1 heterocycles. The molecule has 1 atom stereocenters. The highest BCUT2D eigenvalue weighted by Crippen LogP contribution is 2.29. The number of benzene rings is 1. The molecule has 0 amide bonds. The van der Waals surface area contributed by atoms with Crippen LogP contribution in [-0.2, 0) is 6.42 Å². The first-order valence-corrected chi connectivity index (χ1v) is 8.12. The Morgan fingerprint density at radius 2 is 2.21 bits per heavy atom. The third-order valence-electron chi connectivity index (χ3n) is 3.12. The van der Waals surface area contributed by atoms with E-state index >= 15 is 0 Å². The lowest BCUT2D eigenvalue weighted by molar-refractivity contribution is 0.442. The molecule has 0 fully saturated rings. The Labute approximate surface area is 126 Å². The summed E-state index contributed by atoms with van der Waals surface area (Å²) in [6.45, 7) is 3.05. The van der Waals surface area contributed by atoms with E-state index in [0.29, 0.717) is 5.75 Å². The summed E-state index contributed by atoms with van der Waals surface area (Å²) in [5.41, 5.74) is 0.961. The number of aromatic hydroxyl groups is 1. The van der Waals surface area contributed by atoms with Crippen LogP contribution < -0.4 is 5.32 Å². The van der Waals surface area contributed by atoms with Gasteiger partial charge in [0, 0.05) is 27.5 Å². The Hall–Kier alpha value is -0.840. The zero-order valence-corrected chi connectivity index (χ0v) is 13.3. The molecule has 102 valence electrons. The molecular weight excluding hydrogens is 322 g/mol. The molecular formula is C15H18BrNOS. The smallest absolute Gasteiger partial charge is 0.120 e. The van der Waals surface area contributed by atoms with E-state index < -0.39 is 0 Å². The molecule has 0 saturated heterocycles. The lowest BCUT2D eigenvalue weighted by atomic mass is 10.0. The maximum absolute atomic E-state index is 9.96. The van der Waals surface area contributed by atoms with Gasteiger partial charge in [-0.1, -0.05) is 28.9 Å². The normalized spacial score (nSPS) is 12.5. The SMILES string of the molecule is CCC(NCCc1cccs1)c1cc(Br)ccc1O. The van der Waals surface area contributed by atoms with Crippen LogP contribution in [0.15, 0.2) is 40.2 Å². The molecule has 0 aliphatic rings. The third kappa shape index (κ3) is 4.06. The van der Waals surface area contributed by atoms with Crippen LogP contribution in [0.2, 0.25) is 0 Å². The zero-order chi connectivity index (χ0) is 13.7. The molecule has 0 saturated carbocycles. The highest BCUT2D eigenvalue weighted by Gasteiger charge is 2.13. The maximum Gasteiger partial charge on any atom is 0.120 e. The molecule has 0 aliphatic heterocycles. The number of phenols is 1. The molecule has 2 nitrogen and oxygen atoms in total. The lowest BCUT2D eigenvalue weighted by Crippen LogP contribution is -2.23. The quantitative estimate of drug-likeness (QED) is 0.811. The van der Waals surface area contributed by atoms with Gasteiger partial charge < -0.3 is 10.4 Å². The van der Waals surface area contributed by atoms with Gasteiger partial charge in [-0.2, -0.15) is 0 Å². The number of rotatable bonds is 6.